The highest BCUT2D eigenvalue weighted by atomic mass is 35.5. The van der Waals surface area contributed by atoms with E-state index in [1.165, 1.54) is 18.2 Å². The lowest BCUT2D eigenvalue weighted by Gasteiger charge is -2.16. The first-order valence-electron chi connectivity index (χ1n) is 8.64. The van der Waals surface area contributed by atoms with Crippen molar-refractivity contribution >= 4 is 24.0 Å². The summed E-state index contributed by atoms with van der Waals surface area (Å²) in [6, 6.07) is 9.59. The molecule has 2 aromatic rings. The van der Waals surface area contributed by atoms with E-state index in [1.807, 2.05) is 19.1 Å². The molecule has 0 aliphatic heterocycles. The van der Waals surface area contributed by atoms with E-state index in [0.717, 1.165) is 18.4 Å². The summed E-state index contributed by atoms with van der Waals surface area (Å²) in [4.78, 5) is 12.5. The average Bonchev–Trinajstić information content (AvgIpc) is 3.05. The van der Waals surface area contributed by atoms with Crippen LogP contribution in [0.3, 0.4) is 0 Å². The van der Waals surface area contributed by atoms with Gasteiger partial charge in [0.1, 0.15) is 5.82 Å². The summed E-state index contributed by atoms with van der Waals surface area (Å²) in [5, 5.41) is 2.78. The molecule has 7 heteroatoms. The van der Waals surface area contributed by atoms with E-state index in [-0.39, 0.29) is 36.0 Å². The number of halogens is 2. The lowest BCUT2D eigenvalue weighted by molar-refractivity contribution is -0.119. The minimum Gasteiger partial charge on any atom is -0.493 e. The number of carbonyl (C=O) groups is 1. The highest BCUT2D eigenvalue weighted by Crippen LogP contribution is 2.36. The van der Waals surface area contributed by atoms with Crippen molar-refractivity contribution in [1.82, 2.24) is 0 Å². The Morgan fingerprint density at radius 2 is 1.89 bits per heavy atom. The third kappa shape index (κ3) is 5.11. The van der Waals surface area contributed by atoms with Crippen molar-refractivity contribution in [2.45, 2.75) is 32.2 Å². The highest BCUT2D eigenvalue weighted by molar-refractivity contribution is 5.94. The smallest absolute Gasteiger partial charge is 0.227 e. The number of nitrogens with one attached hydrogen (secondary N) is 1. The Balaban J connectivity index is 0.00000261. The highest BCUT2D eigenvalue weighted by Gasteiger charge is 2.28. The van der Waals surface area contributed by atoms with E-state index in [2.05, 4.69) is 5.32 Å². The van der Waals surface area contributed by atoms with Gasteiger partial charge in [-0.2, -0.15) is 0 Å². The molecule has 5 nitrogen and oxygen atoms in total. The third-order valence-electron chi connectivity index (χ3n) is 4.58. The third-order valence-corrected chi connectivity index (χ3v) is 4.58. The Bertz CT molecular complexity index is 816. The molecule has 3 N–H and O–H groups in total. The molecule has 0 heterocycles. The monoisotopic (exact) mass is 394 g/mol. The van der Waals surface area contributed by atoms with Crippen LogP contribution in [0.4, 0.5) is 10.1 Å². The number of amides is 1. The molecule has 2 atom stereocenters. The average molecular weight is 395 g/mol. The fourth-order valence-corrected chi connectivity index (χ4v) is 3.16. The molecule has 1 aliphatic rings. The standard InChI is InChI=1S/C20H23FN2O3.ClH/c1-12-3-7-18(19(9-12)25-2)26-17-8-5-14(21)11-16(17)23-20(24)13-4-6-15(22)10-13;/h3,5,7-9,11,13,15H,4,6,10,22H2,1-2H3,(H,23,24);1H. The van der Waals surface area contributed by atoms with Crippen LogP contribution in [-0.4, -0.2) is 19.1 Å². The molecule has 2 aromatic carbocycles. The maximum absolute atomic E-state index is 13.7. The van der Waals surface area contributed by atoms with Crippen LogP contribution in [0.5, 0.6) is 17.2 Å². The molecule has 3 rings (SSSR count). The normalized spacial score (nSPS) is 18.5. The van der Waals surface area contributed by atoms with Crippen LogP contribution in [0, 0.1) is 18.7 Å². The van der Waals surface area contributed by atoms with Crippen LogP contribution in [0.1, 0.15) is 24.8 Å². The molecule has 1 aliphatic carbocycles. The Labute approximate surface area is 164 Å². The van der Waals surface area contributed by atoms with Crippen LogP contribution in [-0.2, 0) is 4.79 Å². The zero-order chi connectivity index (χ0) is 18.7. The Morgan fingerprint density at radius 1 is 1.15 bits per heavy atom. The SMILES string of the molecule is COc1cc(C)ccc1Oc1ccc(F)cc1NC(=O)C1CCC(N)C1.Cl. The van der Waals surface area contributed by atoms with Gasteiger partial charge < -0.3 is 20.5 Å². The fraction of sp³-hybridized carbons (Fsp3) is 0.350. The van der Waals surface area contributed by atoms with Crippen molar-refractivity contribution in [3.63, 3.8) is 0 Å². The number of rotatable bonds is 5. The first-order valence-corrected chi connectivity index (χ1v) is 8.64. The molecule has 0 radical (unpaired) electrons. The minimum atomic E-state index is -0.452. The van der Waals surface area contributed by atoms with Gasteiger partial charge in [0.2, 0.25) is 5.91 Å². The zero-order valence-corrected chi connectivity index (χ0v) is 16.1. The molecule has 27 heavy (non-hydrogen) atoms. The summed E-state index contributed by atoms with van der Waals surface area (Å²) in [5.74, 6) is 0.631. The van der Waals surface area contributed by atoms with Crippen LogP contribution in [0.15, 0.2) is 36.4 Å². The molecular formula is C20H24ClFN2O3. The minimum absolute atomic E-state index is 0. The lowest BCUT2D eigenvalue weighted by atomic mass is 10.1. The van der Waals surface area contributed by atoms with Crippen molar-refractivity contribution in [2.24, 2.45) is 11.7 Å². The Kier molecular flexibility index (Phi) is 7.05. The quantitative estimate of drug-likeness (QED) is 0.787. The van der Waals surface area contributed by atoms with Crippen molar-refractivity contribution in [1.29, 1.82) is 0 Å². The van der Waals surface area contributed by atoms with E-state index in [9.17, 15) is 9.18 Å². The molecule has 146 valence electrons. The van der Waals surface area contributed by atoms with Gasteiger partial charge in [0.15, 0.2) is 17.2 Å². The molecule has 0 bridgehead atoms. The predicted molar refractivity (Wildman–Crippen MR) is 105 cm³/mol. The number of anilines is 1. The second kappa shape index (κ2) is 9.06. The van der Waals surface area contributed by atoms with E-state index in [0.29, 0.717) is 23.7 Å². The molecule has 2 unspecified atom stereocenters. The Hall–Kier alpha value is -2.31. The van der Waals surface area contributed by atoms with Crippen molar-refractivity contribution in [2.75, 3.05) is 12.4 Å². The van der Waals surface area contributed by atoms with E-state index >= 15 is 0 Å². The Morgan fingerprint density at radius 3 is 2.56 bits per heavy atom. The van der Waals surface area contributed by atoms with Crippen LogP contribution in [0.25, 0.3) is 0 Å². The van der Waals surface area contributed by atoms with Gasteiger partial charge in [-0.3, -0.25) is 4.79 Å². The molecular weight excluding hydrogens is 371 g/mol. The van der Waals surface area contributed by atoms with Gasteiger partial charge in [-0.25, -0.2) is 4.39 Å². The molecule has 1 fully saturated rings. The van der Waals surface area contributed by atoms with Crippen molar-refractivity contribution in [3.05, 3.63) is 47.8 Å². The van der Waals surface area contributed by atoms with E-state index < -0.39 is 5.82 Å². The van der Waals surface area contributed by atoms with E-state index in [4.69, 9.17) is 15.2 Å². The molecule has 0 saturated heterocycles. The van der Waals surface area contributed by atoms with Crippen molar-refractivity contribution < 1.29 is 18.7 Å². The predicted octanol–water partition coefficient (Wildman–Crippen LogP) is 4.42. The number of hydrogen-bond acceptors (Lipinski definition) is 4. The summed E-state index contributed by atoms with van der Waals surface area (Å²) in [6.07, 6.45) is 2.21. The van der Waals surface area contributed by atoms with Gasteiger partial charge in [0.25, 0.3) is 0 Å². The van der Waals surface area contributed by atoms with Crippen LogP contribution >= 0.6 is 12.4 Å². The fourth-order valence-electron chi connectivity index (χ4n) is 3.16. The first kappa shape index (κ1) is 21.0. The van der Waals surface area contributed by atoms with Crippen LogP contribution < -0.4 is 20.5 Å². The summed E-state index contributed by atoms with van der Waals surface area (Å²) >= 11 is 0. The van der Waals surface area contributed by atoms with E-state index in [1.54, 1.807) is 13.2 Å². The number of ether oxygens (including phenoxy) is 2. The van der Waals surface area contributed by atoms with Gasteiger partial charge in [-0.1, -0.05) is 6.07 Å². The van der Waals surface area contributed by atoms with Gasteiger partial charge >= 0.3 is 0 Å². The van der Waals surface area contributed by atoms with Gasteiger partial charge in [-0.15, -0.1) is 12.4 Å². The number of nitrogens with two attached hydrogens (primary N) is 1. The largest absolute Gasteiger partial charge is 0.493 e. The number of methoxy groups -OCH3 is 1. The molecule has 0 spiro atoms. The lowest BCUT2D eigenvalue weighted by Crippen LogP contribution is -2.23. The number of carbonyl (C=O) groups excluding carboxylic acids is 1. The summed E-state index contributed by atoms with van der Waals surface area (Å²) in [5.41, 5.74) is 7.20. The van der Waals surface area contributed by atoms with Crippen LogP contribution in [0.2, 0.25) is 0 Å². The maximum Gasteiger partial charge on any atom is 0.227 e. The summed E-state index contributed by atoms with van der Waals surface area (Å²) < 4.78 is 25.0. The second-order valence-corrected chi connectivity index (χ2v) is 6.66. The number of aryl methyl sites for hydroxylation is 1. The summed E-state index contributed by atoms with van der Waals surface area (Å²) in [7, 11) is 1.55. The van der Waals surface area contributed by atoms with Gasteiger partial charge in [0.05, 0.1) is 12.8 Å². The summed E-state index contributed by atoms with van der Waals surface area (Å²) in [6.45, 7) is 1.95. The van der Waals surface area contributed by atoms with Gasteiger partial charge in [0, 0.05) is 18.0 Å². The number of hydrogen-bond donors (Lipinski definition) is 2. The number of benzene rings is 2. The molecule has 1 saturated carbocycles. The maximum atomic E-state index is 13.7. The molecule has 1 amide bonds. The first-order chi connectivity index (χ1) is 12.5. The zero-order valence-electron chi connectivity index (χ0n) is 15.3. The second-order valence-electron chi connectivity index (χ2n) is 6.66. The van der Waals surface area contributed by atoms with Crippen molar-refractivity contribution in [3.8, 4) is 17.2 Å². The molecule has 0 aromatic heterocycles. The van der Waals surface area contributed by atoms with Gasteiger partial charge in [-0.05, 0) is 56.0 Å². The topological polar surface area (TPSA) is 73.6 Å².